The molecule has 0 aliphatic carbocycles. The molecular formula is C14H28N2O. The molecule has 1 N–H and O–H groups in total. The Kier molecular flexibility index (Phi) is 5.26. The Balaban J connectivity index is 1.61. The van der Waals surface area contributed by atoms with E-state index < -0.39 is 0 Å². The van der Waals surface area contributed by atoms with Crippen molar-refractivity contribution in [2.45, 2.75) is 45.1 Å². The number of rotatable bonds is 4. The van der Waals surface area contributed by atoms with Crippen LogP contribution in [0.15, 0.2) is 0 Å². The summed E-state index contributed by atoms with van der Waals surface area (Å²) < 4.78 is 0. The molecular weight excluding hydrogens is 212 g/mol. The van der Waals surface area contributed by atoms with Crippen LogP contribution in [0.2, 0.25) is 0 Å². The molecule has 2 rings (SSSR count). The lowest BCUT2D eigenvalue weighted by Crippen LogP contribution is -2.42. The van der Waals surface area contributed by atoms with Crippen LogP contribution in [0.4, 0.5) is 0 Å². The molecule has 3 heteroatoms. The summed E-state index contributed by atoms with van der Waals surface area (Å²) in [6, 6.07) is 0. The minimum Gasteiger partial charge on any atom is -0.393 e. The summed E-state index contributed by atoms with van der Waals surface area (Å²) in [5, 5.41) is 9.57. The molecule has 0 radical (unpaired) electrons. The molecule has 0 aromatic rings. The maximum absolute atomic E-state index is 9.57. The zero-order valence-electron chi connectivity index (χ0n) is 11.3. The van der Waals surface area contributed by atoms with Crippen LogP contribution >= 0.6 is 0 Å². The first-order valence-corrected chi connectivity index (χ1v) is 7.38. The largest absolute Gasteiger partial charge is 0.393 e. The van der Waals surface area contributed by atoms with Gasteiger partial charge in [0.1, 0.15) is 0 Å². The van der Waals surface area contributed by atoms with E-state index in [9.17, 15) is 5.11 Å². The van der Waals surface area contributed by atoms with Crippen LogP contribution in [0, 0.1) is 5.92 Å². The lowest BCUT2D eigenvalue weighted by atomic mass is 9.92. The first-order chi connectivity index (χ1) is 8.25. The minimum atomic E-state index is -0.112. The zero-order valence-corrected chi connectivity index (χ0v) is 11.3. The standard InChI is InChI=1S/C14H28N2O/c1-13(17)14-5-9-16(10-6-14)12-11-15-7-3-2-4-8-15/h13-14,17H,2-12H2,1H3. The van der Waals surface area contributed by atoms with Crippen molar-refractivity contribution in [1.82, 2.24) is 9.80 Å². The van der Waals surface area contributed by atoms with Crippen molar-refractivity contribution < 1.29 is 5.11 Å². The quantitative estimate of drug-likeness (QED) is 0.808. The van der Waals surface area contributed by atoms with Crippen molar-refractivity contribution in [2.75, 3.05) is 39.3 Å². The van der Waals surface area contributed by atoms with Crippen molar-refractivity contribution in [3.8, 4) is 0 Å². The second-order valence-corrected chi connectivity index (χ2v) is 5.82. The predicted molar refractivity (Wildman–Crippen MR) is 71.1 cm³/mol. The molecule has 0 spiro atoms. The van der Waals surface area contributed by atoms with Crippen LogP contribution in [0.1, 0.15) is 39.0 Å². The lowest BCUT2D eigenvalue weighted by molar-refractivity contribution is 0.0669. The topological polar surface area (TPSA) is 26.7 Å². The Morgan fingerprint density at radius 3 is 2.00 bits per heavy atom. The molecule has 17 heavy (non-hydrogen) atoms. The van der Waals surface area contributed by atoms with Gasteiger partial charge in [-0.25, -0.2) is 0 Å². The second-order valence-electron chi connectivity index (χ2n) is 5.82. The lowest BCUT2D eigenvalue weighted by Gasteiger charge is -2.35. The Morgan fingerprint density at radius 1 is 0.941 bits per heavy atom. The Labute approximate surface area is 106 Å². The summed E-state index contributed by atoms with van der Waals surface area (Å²) in [7, 11) is 0. The number of likely N-dealkylation sites (tertiary alicyclic amines) is 2. The summed E-state index contributed by atoms with van der Waals surface area (Å²) in [6.45, 7) is 9.40. The van der Waals surface area contributed by atoms with Crippen LogP contribution in [0.3, 0.4) is 0 Å². The molecule has 2 heterocycles. The van der Waals surface area contributed by atoms with E-state index in [1.54, 1.807) is 0 Å². The smallest absolute Gasteiger partial charge is 0.0541 e. The molecule has 2 fully saturated rings. The minimum absolute atomic E-state index is 0.112. The molecule has 0 aromatic heterocycles. The predicted octanol–water partition coefficient (Wildman–Crippen LogP) is 1.57. The highest BCUT2D eigenvalue weighted by Gasteiger charge is 2.22. The number of aliphatic hydroxyl groups is 1. The summed E-state index contributed by atoms with van der Waals surface area (Å²) in [6.07, 6.45) is 6.46. The van der Waals surface area contributed by atoms with Gasteiger partial charge in [-0.3, -0.25) is 0 Å². The van der Waals surface area contributed by atoms with Gasteiger partial charge in [-0.05, 0) is 64.7 Å². The SMILES string of the molecule is CC(O)C1CCN(CCN2CCCCC2)CC1. The van der Waals surface area contributed by atoms with Gasteiger partial charge in [-0.1, -0.05) is 6.42 Å². The maximum atomic E-state index is 9.57. The van der Waals surface area contributed by atoms with Gasteiger partial charge in [0, 0.05) is 13.1 Å². The van der Waals surface area contributed by atoms with E-state index >= 15 is 0 Å². The van der Waals surface area contributed by atoms with Crippen molar-refractivity contribution >= 4 is 0 Å². The molecule has 1 unspecified atom stereocenters. The van der Waals surface area contributed by atoms with Gasteiger partial charge in [-0.2, -0.15) is 0 Å². The average Bonchev–Trinajstić information content (AvgIpc) is 2.38. The van der Waals surface area contributed by atoms with Gasteiger partial charge in [0.25, 0.3) is 0 Å². The molecule has 3 nitrogen and oxygen atoms in total. The molecule has 0 bridgehead atoms. The average molecular weight is 240 g/mol. The van der Waals surface area contributed by atoms with Crippen LogP contribution in [0.25, 0.3) is 0 Å². The summed E-state index contributed by atoms with van der Waals surface area (Å²) >= 11 is 0. The van der Waals surface area contributed by atoms with E-state index in [0.29, 0.717) is 5.92 Å². The zero-order chi connectivity index (χ0) is 12.1. The molecule has 2 aliphatic rings. The van der Waals surface area contributed by atoms with E-state index in [1.165, 1.54) is 71.4 Å². The molecule has 0 amide bonds. The van der Waals surface area contributed by atoms with E-state index in [-0.39, 0.29) is 6.10 Å². The third kappa shape index (κ3) is 4.23. The van der Waals surface area contributed by atoms with Gasteiger partial charge in [-0.15, -0.1) is 0 Å². The fourth-order valence-electron chi connectivity index (χ4n) is 3.12. The van der Waals surface area contributed by atoms with Crippen LogP contribution in [0.5, 0.6) is 0 Å². The van der Waals surface area contributed by atoms with Gasteiger partial charge in [0.2, 0.25) is 0 Å². The highest BCUT2D eigenvalue weighted by Crippen LogP contribution is 2.20. The normalized spacial score (nSPS) is 27.2. The van der Waals surface area contributed by atoms with Crippen molar-refractivity contribution in [2.24, 2.45) is 5.92 Å². The Hall–Kier alpha value is -0.120. The molecule has 0 saturated carbocycles. The maximum Gasteiger partial charge on any atom is 0.0541 e. The third-order valence-corrected chi connectivity index (χ3v) is 4.50. The van der Waals surface area contributed by atoms with Crippen molar-refractivity contribution in [3.05, 3.63) is 0 Å². The van der Waals surface area contributed by atoms with Crippen molar-refractivity contribution in [3.63, 3.8) is 0 Å². The highest BCUT2D eigenvalue weighted by molar-refractivity contribution is 4.76. The van der Waals surface area contributed by atoms with Gasteiger partial charge in [0.05, 0.1) is 6.10 Å². The monoisotopic (exact) mass is 240 g/mol. The van der Waals surface area contributed by atoms with Crippen LogP contribution < -0.4 is 0 Å². The first-order valence-electron chi connectivity index (χ1n) is 7.38. The van der Waals surface area contributed by atoms with E-state index in [0.717, 1.165) is 0 Å². The molecule has 0 aromatic carbocycles. The number of hydrogen-bond acceptors (Lipinski definition) is 3. The number of piperidine rings is 2. The second kappa shape index (κ2) is 6.72. The number of nitrogens with zero attached hydrogens (tertiary/aromatic N) is 2. The molecule has 2 aliphatic heterocycles. The molecule has 2 saturated heterocycles. The fourth-order valence-corrected chi connectivity index (χ4v) is 3.12. The molecule has 100 valence electrons. The first kappa shape index (κ1) is 13.3. The van der Waals surface area contributed by atoms with E-state index in [1.807, 2.05) is 6.92 Å². The highest BCUT2D eigenvalue weighted by atomic mass is 16.3. The van der Waals surface area contributed by atoms with Crippen LogP contribution in [-0.2, 0) is 0 Å². The Bertz CT molecular complexity index is 206. The van der Waals surface area contributed by atoms with Crippen LogP contribution in [-0.4, -0.2) is 60.3 Å². The van der Waals surface area contributed by atoms with Crippen molar-refractivity contribution in [1.29, 1.82) is 0 Å². The van der Waals surface area contributed by atoms with Gasteiger partial charge < -0.3 is 14.9 Å². The van der Waals surface area contributed by atoms with E-state index in [4.69, 9.17) is 0 Å². The summed E-state index contributed by atoms with van der Waals surface area (Å²) in [4.78, 5) is 5.19. The third-order valence-electron chi connectivity index (χ3n) is 4.50. The molecule has 1 atom stereocenters. The van der Waals surface area contributed by atoms with E-state index in [2.05, 4.69) is 9.80 Å². The van der Waals surface area contributed by atoms with Gasteiger partial charge >= 0.3 is 0 Å². The number of hydrogen-bond donors (Lipinski definition) is 1. The summed E-state index contributed by atoms with van der Waals surface area (Å²) in [5.41, 5.74) is 0. The fraction of sp³-hybridized carbons (Fsp3) is 1.00. The van der Waals surface area contributed by atoms with Gasteiger partial charge in [0.15, 0.2) is 0 Å². The number of aliphatic hydroxyl groups excluding tert-OH is 1. The Morgan fingerprint density at radius 2 is 1.47 bits per heavy atom. The summed E-state index contributed by atoms with van der Waals surface area (Å²) in [5.74, 6) is 0.543.